The van der Waals surface area contributed by atoms with E-state index < -0.39 is 246 Å². The maximum absolute atomic E-state index is 16.1. The number of nitrogens with one attached hydrogen (secondary N) is 7. The Bertz CT molecular complexity index is 3820. The fourth-order valence-corrected chi connectivity index (χ4v) is 13.9. The Kier molecular flexibility index (Phi) is 23.0. The topological polar surface area (TPSA) is 530 Å². The molecule has 7 heterocycles. The molecule has 3 saturated heterocycles. The largest absolute Gasteiger partial charge is 0.512 e. The lowest BCUT2D eigenvalue weighted by molar-refractivity contribution is -0.333. The van der Waals surface area contributed by atoms with Crippen molar-refractivity contribution in [3.63, 3.8) is 0 Å². The number of likely N-dealkylation sites (N-methyl/N-ethyl adjacent to an activating group) is 1. The zero-order valence-corrected chi connectivity index (χ0v) is 56.5. The number of primary amides is 1. The number of halogens is 2. The second-order valence-corrected chi connectivity index (χ2v) is 27.6. The van der Waals surface area contributed by atoms with Gasteiger partial charge in [0, 0.05) is 29.9 Å². The SMILES string of the molecule is CN[C@H](CC(C)C)C(=O)N[C@H]1C(=O)N[C@@H](CC(N)=O)C(=O)N[C@H]2C(=O)NC3C(=O)N[C@H](C(=O)N[C@H](C(=O)O)C4=CC(O)CC(O)=C4C4CC3=CC=C4O)[C@H](O)C3=CC=C(Oc4cc2cc(c4O[C@H]2OC(CO)C(O)[C@H](O)C2O[C@H]2CC(C)(N)[C@@H](O)[C@H](C)O2)Oc2ccc(cc2Cl)[C@H]1O)C(Cl)C3. The van der Waals surface area contributed by atoms with E-state index >= 15 is 14.4 Å². The zero-order chi connectivity index (χ0) is 73.5. The second kappa shape index (κ2) is 30.7. The van der Waals surface area contributed by atoms with Crippen molar-refractivity contribution in [3.05, 3.63) is 116 Å². The highest BCUT2D eigenvalue weighted by molar-refractivity contribution is 6.32. The zero-order valence-electron chi connectivity index (χ0n) is 54.9. The number of ether oxygens (including phenoxy) is 6. The van der Waals surface area contributed by atoms with Crippen LogP contribution in [0.3, 0.4) is 0 Å². The van der Waals surface area contributed by atoms with Crippen LogP contribution in [0.15, 0.2) is 100 Å². The molecule has 3 aliphatic carbocycles. The molecule has 33 nitrogen and oxygen atoms in total. The number of carbonyl (C=O) groups is 8. The van der Waals surface area contributed by atoms with Crippen molar-refractivity contribution >= 4 is 70.5 Å². The van der Waals surface area contributed by atoms with Gasteiger partial charge in [0.15, 0.2) is 29.9 Å². The number of carbonyl (C=O) groups excluding carboxylic acids is 7. The predicted octanol–water partition coefficient (Wildman–Crippen LogP) is -1.75. The van der Waals surface area contributed by atoms with Gasteiger partial charge in [-0.1, -0.05) is 43.7 Å². The molecule has 2 aromatic rings. The molecule has 12 rings (SSSR count). The van der Waals surface area contributed by atoms with Gasteiger partial charge < -0.3 is 128 Å². The molecule has 0 spiro atoms. The smallest absolute Gasteiger partial charge is 0.330 e. The summed E-state index contributed by atoms with van der Waals surface area (Å²) in [6, 6.07) is -8.17. The van der Waals surface area contributed by atoms with Crippen molar-refractivity contribution in [3.8, 4) is 23.0 Å². The van der Waals surface area contributed by atoms with Crippen LogP contribution in [0.1, 0.15) is 89.5 Å². The Labute approximate surface area is 586 Å². The Hall–Kier alpha value is -8.26. The number of rotatable bonds is 13. The van der Waals surface area contributed by atoms with Crippen molar-refractivity contribution in [1.82, 2.24) is 37.2 Å². The van der Waals surface area contributed by atoms with Crippen LogP contribution in [-0.2, 0) is 52.6 Å². The molecule has 10 aliphatic rings. The highest BCUT2D eigenvalue weighted by Crippen LogP contribution is 2.49. The molecule has 548 valence electrons. The lowest BCUT2D eigenvalue weighted by atomic mass is 9.75. The van der Waals surface area contributed by atoms with Crippen LogP contribution in [0.2, 0.25) is 5.02 Å². The van der Waals surface area contributed by atoms with Crippen LogP contribution in [0, 0.1) is 11.8 Å². The molecule has 35 heteroatoms. The number of nitrogens with two attached hydrogens (primary N) is 2. The molecule has 2 aromatic carbocycles. The highest BCUT2D eigenvalue weighted by Gasteiger charge is 2.52. The van der Waals surface area contributed by atoms with Gasteiger partial charge in [0.1, 0.15) is 78.0 Å². The third-order valence-corrected chi connectivity index (χ3v) is 19.3. The van der Waals surface area contributed by atoms with E-state index in [1.54, 1.807) is 0 Å². The summed E-state index contributed by atoms with van der Waals surface area (Å²) in [5.41, 5.74) is 9.31. The number of amides is 7. The van der Waals surface area contributed by atoms with Gasteiger partial charge in [-0.2, -0.15) is 0 Å². The van der Waals surface area contributed by atoms with Gasteiger partial charge in [-0.05, 0) is 116 Å². The second-order valence-electron chi connectivity index (χ2n) is 26.6. The summed E-state index contributed by atoms with van der Waals surface area (Å²) in [7, 11) is 1.48. The maximum atomic E-state index is 16.1. The number of alkyl halides is 1. The van der Waals surface area contributed by atoms with E-state index in [2.05, 4.69) is 37.2 Å². The molecule has 21 N–H and O–H groups in total. The Balaban J connectivity index is 1.22. The van der Waals surface area contributed by atoms with E-state index in [0.717, 1.165) is 30.4 Å². The number of benzene rings is 2. The number of aliphatic hydroxyl groups excluding tert-OH is 9. The van der Waals surface area contributed by atoms with Crippen molar-refractivity contribution in [2.45, 2.75) is 187 Å². The molecule has 7 aliphatic heterocycles. The number of allylic oxidation sites excluding steroid dienone is 6. The fraction of sp³-hybridized carbons (Fsp3) is 0.515. The van der Waals surface area contributed by atoms with Crippen molar-refractivity contribution < 1.29 is 118 Å². The molecule has 7 amide bonds. The van der Waals surface area contributed by atoms with Crippen molar-refractivity contribution in [2.75, 3.05) is 13.7 Å². The van der Waals surface area contributed by atoms with Gasteiger partial charge in [0.05, 0.1) is 53.5 Å². The number of carboxylic acid groups (broad SMARTS) is 1. The minimum absolute atomic E-state index is 0.0905. The normalized spacial score (nSPS) is 34.2. The lowest BCUT2D eigenvalue weighted by Crippen LogP contribution is -2.64. The van der Waals surface area contributed by atoms with Crippen molar-refractivity contribution in [2.24, 2.45) is 23.3 Å². The summed E-state index contributed by atoms with van der Waals surface area (Å²) in [5.74, 6) is -15.7. The Morgan fingerprint density at radius 2 is 1.48 bits per heavy atom. The first-order chi connectivity index (χ1) is 47.7. The number of hydrogen-bond donors (Lipinski definition) is 19. The molecule has 21 atom stereocenters. The van der Waals surface area contributed by atoms with E-state index in [-0.39, 0.29) is 57.6 Å². The van der Waals surface area contributed by atoms with Crippen molar-refractivity contribution in [1.29, 1.82) is 0 Å². The van der Waals surface area contributed by atoms with Crippen LogP contribution in [0.4, 0.5) is 0 Å². The average molecular weight is 1460 g/mol. The molecule has 0 aromatic heterocycles. The minimum Gasteiger partial charge on any atom is -0.512 e. The summed E-state index contributed by atoms with van der Waals surface area (Å²) in [6.45, 7) is 5.70. The lowest BCUT2D eigenvalue weighted by Gasteiger charge is -2.47. The minimum atomic E-state index is -2.30. The quantitative estimate of drug-likeness (QED) is 0.0989. The molecule has 0 radical (unpaired) electrons. The van der Waals surface area contributed by atoms with Gasteiger partial charge >= 0.3 is 5.97 Å². The van der Waals surface area contributed by atoms with E-state index in [1.165, 1.54) is 51.3 Å². The summed E-state index contributed by atoms with van der Waals surface area (Å²) < 4.78 is 38.5. The van der Waals surface area contributed by atoms with Crippen LogP contribution < -0.4 is 62.9 Å². The summed E-state index contributed by atoms with van der Waals surface area (Å²) in [6.07, 6.45) is -15.7. The molecular weight excluding hydrogens is 1370 g/mol. The van der Waals surface area contributed by atoms with Crippen LogP contribution in [0.25, 0.3) is 0 Å². The molecular formula is C66H81Cl2N9O24. The molecule has 3 fully saturated rings. The predicted molar refractivity (Wildman–Crippen MR) is 350 cm³/mol. The Morgan fingerprint density at radius 3 is 2.12 bits per heavy atom. The third-order valence-electron chi connectivity index (χ3n) is 18.7. The van der Waals surface area contributed by atoms with E-state index in [4.69, 9.17) is 63.1 Å². The summed E-state index contributed by atoms with van der Waals surface area (Å²) in [4.78, 5) is 117. The first-order valence-corrected chi connectivity index (χ1v) is 33.2. The molecule has 0 saturated carbocycles. The number of carboxylic acids is 1. The Morgan fingerprint density at radius 1 is 0.792 bits per heavy atom. The summed E-state index contributed by atoms with van der Waals surface area (Å²) >= 11 is 14.3. The van der Waals surface area contributed by atoms with Gasteiger partial charge in [-0.25, -0.2) is 4.79 Å². The third kappa shape index (κ3) is 16.2. The van der Waals surface area contributed by atoms with Crippen LogP contribution in [0.5, 0.6) is 23.0 Å². The van der Waals surface area contributed by atoms with E-state index in [0.29, 0.717) is 0 Å². The first-order valence-electron chi connectivity index (χ1n) is 32.4. The van der Waals surface area contributed by atoms with Gasteiger partial charge in [0.2, 0.25) is 53.4 Å². The number of aliphatic hydroxyl groups is 9. The van der Waals surface area contributed by atoms with E-state index in [9.17, 15) is 75.0 Å². The first kappa shape index (κ1) is 75.4. The van der Waals surface area contributed by atoms with Gasteiger partial charge in [0.25, 0.3) is 0 Å². The highest BCUT2D eigenvalue weighted by atomic mass is 35.5. The number of fused-ring (bicyclic) bond motifs is 15. The monoisotopic (exact) mass is 1450 g/mol. The van der Waals surface area contributed by atoms with E-state index in [1.807, 2.05) is 13.8 Å². The van der Waals surface area contributed by atoms with Gasteiger partial charge in [-0.3, -0.25) is 33.6 Å². The molecule has 8 unspecified atom stereocenters. The van der Waals surface area contributed by atoms with Crippen LogP contribution in [-0.4, -0.2) is 221 Å². The molecule has 11 bridgehead atoms. The average Bonchev–Trinajstić information content (AvgIpc) is 0.771. The summed E-state index contributed by atoms with van der Waals surface area (Å²) in [5, 5.41) is 130. The molecule has 101 heavy (non-hydrogen) atoms. The van der Waals surface area contributed by atoms with Crippen LogP contribution >= 0.6 is 23.2 Å². The number of aliphatic carboxylic acids is 1. The fourth-order valence-electron chi connectivity index (χ4n) is 13.3. The standard InChI is InChI=1S/C66H81Cl2N9O24/c1-23(2)12-34(71-5)58(88)76-49-51(83)26-7-10-38(32(67)14-26)97-40-16-28-17-41(55(40)101-65-56(54(86)53(85)42(22-78)99-65)100-44-21-66(4,70)57(87)24(3)96-44)98-39-11-8-27(15-33(39)68)52(84)50-63(93)75-48(64(94)95)31-18-29(79)19-37(81)45(31)30-13-25(6-9-36(30)80)46(60(90)77-50)74-61(91)47(28)73-59(89)35(20-43(69)82)72-62(49)92/h6-11,14,16-18,23-24,29-30,33-35,42,44,46-54,56-57,65,71,78-81,83-87H,12-13,15,19-22,70H2,1-5H3,(H2,69,82)(H,72,92)(H,73,89)(H,74,91)(H,75,93)(H,76,88)(H,77,90)(H,94,95)/t24-,29?,30?,33?,34+,35-,42?,44-,46?,47+,48-,49+,50-,51+,52+,53?,54-,56?,57-,65+,66?/m0/s1. The maximum Gasteiger partial charge on any atom is 0.330 e. The van der Waals surface area contributed by atoms with Gasteiger partial charge in [-0.15, -0.1) is 11.6 Å². The number of hydrogen-bond acceptors (Lipinski definition) is 25.